The fourth-order valence-corrected chi connectivity index (χ4v) is 2.70. The number of amides is 1. The smallest absolute Gasteiger partial charge is 0.311 e. The third-order valence-corrected chi connectivity index (χ3v) is 4.26. The number of carboxylic acid groups (broad SMARTS) is 1. The van der Waals surface area contributed by atoms with Gasteiger partial charge in [0.15, 0.2) is 0 Å². The normalized spacial score (nSPS) is 17.4. The summed E-state index contributed by atoms with van der Waals surface area (Å²) in [6, 6.07) is 1.42. The molecule has 7 heteroatoms. The summed E-state index contributed by atoms with van der Waals surface area (Å²) in [5, 5.41) is 12.4. The lowest BCUT2D eigenvalue weighted by molar-refractivity contribution is -0.148. The van der Waals surface area contributed by atoms with Crippen molar-refractivity contribution in [3.8, 4) is 0 Å². The summed E-state index contributed by atoms with van der Waals surface area (Å²) in [7, 11) is 0. The van der Waals surface area contributed by atoms with Crippen molar-refractivity contribution in [2.75, 3.05) is 6.54 Å². The van der Waals surface area contributed by atoms with Crippen LogP contribution in [0.2, 0.25) is 10.2 Å². The molecule has 5 nitrogen and oxygen atoms in total. The van der Waals surface area contributed by atoms with Crippen LogP contribution in [0.4, 0.5) is 0 Å². The highest BCUT2D eigenvalue weighted by Gasteiger charge is 2.41. The number of aliphatic carboxylic acids is 1. The number of carbonyl (C=O) groups is 2. The number of rotatable bonds is 4. The molecule has 1 aliphatic rings. The Labute approximate surface area is 120 Å². The molecule has 0 bridgehead atoms. The number of halogens is 2. The molecular formula is C12H14Cl2N2O3. The highest BCUT2D eigenvalue weighted by molar-refractivity contribution is 6.41. The summed E-state index contributed by atoms with van der Waals surface area (Å²) in [5.41, 5.74) is -0.607. The van der Waals surface area contributed by atoms with E-state index >= 15 is 0 Å². The van der Waals surface area contributed by atoms with Gasteiger partial charge < -0.3 is 15.4 Å². The van der Waals surface area contributed by atoms with E-state index in [1.54, 1.807) is 0 Å². The number of H-pyrrole nitrogens is 1. The first-order valence-corrected chi connectivity index (χ1v) is 6.76. The van der Waals surface area contributed by atoms with Gasteiger partial charge in [0.1, 0.15) is 10.8 Å². The van der Waals surface area contributed by atoms with Crippen molar-refractivity contribution in [2.24, 2.45) is 5.41 Å². The van der Waals surface area contributed by atoms with Crippen LogP contribution < -0.4 is 5.32 Å². The van der Waals surface area contributed by atoms with E-state index in [0.717, 1.165) is 12.8 Å². The van der Waals surface area contributed by atoms with Gasteiger partial charge in [-0.25, -0.2) is 0 Å². The molecule has 19 heavy (non-hydrogen) atoms. The zero-order valence-corrected chi connectivity index (χ0v) is 11.6. The van der Waals surface area contributed by atoms with Crippen molar-refractivity contribution in [3.05, 3.63) is 21.9 Å². The molecule has 0 atom stereocenters. The van der Waals surface area contributed by atoms with Crippen LogP contribution >= 0.6 is 23.2 Å². The van der Waals surface area contributed by atoms with Crippen LogP contribution in [0.1, 0.15) is 36.2 Å². The second kappa shape index (κ2) is 5.43. The zero-order chi connectivity index (χ0) is 14.0. The Balaban J connectivity index is 2.01. The van der Waals surface area contributed by atoms with E-state index in [1.807, 2.05) is 0 Å². The maximum Gasteiger partial charge on any atom is 0.311 e. The molecule has 0 spiro atoms. The van der Waals surface area contributed by atoms with Crippen molar-refractivity contribution in [1.82, 2.24) is 10.3 Å². The molecule has 0 saturated heterocycles. The van der Waals surface area contributed by atoms with Gasteiger partial charge in [0.25, 0.3) is 5.91 Å². The zero-order valence-electron chi connectivity index (χ0n) is 10.1. The summed E-state index contributed by atoms with van der Waals surface area (Å²) in [6.45, 7) is 0.120. The van der Waals surface area contributed by atoms with Crippen LogP contribution in [0, 0.1) is 5.41 Å². The molecule has 0 radical (unpaired) electrons. The minimum Gasteiger partial charge on any atom is -0.481 e. The Bertz CT molecular complexity index is 488. The lowest BCUT2D eigenvalue weighted by Crippen LogP contribution is -2.41. The quantitative estimate of drug-likeness (QED) is 0.800. The first-order chi connectivity index (χ1) is 8.94. The van der Waals surface area contributed by atoms with Crippen molar-refractivity contribution >= 4 is 35.1 Å². The topological polar surface area (TPSA) is 82.2 Å². The molecular weight excluding hydrogens is 291 g/mol. The van der Waals surface area contributed by atoms with E-state index in [9.17, 15) is 14.7 Å². The first kappa shape index (κ1) is 14.2. The number of carboxylic acids is 1. The molecule has 1 aliphatic carbocycles. The van der Waals surface area contributed by atoms with E-state index in [2.05, 4.69) is 10.3 Å². The fourth-order valence-electron chi connectivity index (χ4n) is 2.39. The first-order valence-electron chi connectivity index (χ1n) is 6.00. The SMILES string of the molecule is O=C(NCC1(C(=O)O)CCCC1)c1cc(Cl)c(Cl)[nH]1. The number of carbonyl (C=O) groups excluding carboxylic acids is 1. The van der Waals surface area contributed by atoms with E-state index in [1.165, 1.54) is 6.07 Å². The third-order valence-electron chi connectivity index (χ3n) is 3.57. The summed E-state index contributed by atoms with van der Waals surface area (Å²) in [5.74, 6) is -1.26. The predicted molar refractivity (Wildman–Crippen MR) is 71.7 cm³/mol. The Morgan fingerprint density at radius 1 is 1.37 bits per heavy atom. The third kappa shape index (κ3) is 2.87. The molecule has 104 valence electrons. The number of hydrogen-bond donors (Lipinski definition) is 3. The minimum atomic E-state index is -0.854. The Hall–Kier alpha value is -1.20. The van der Waals surface area contributed by atoms with Crippen molar-refractivity contribution in [1.29, 1.82) is 0 Å². The maximum atomic E-state index is 11.9. The van der Waals surface area contributed by atoms with Crippen molar-refractivity contribution < 1.29 is 14.7 Å². The van der Waals surface area contributed by atoms with Gasteiger partial charge in [0.2, 0.25) is 0 Å². The van der Waals surface area contributed by atoms with E-state index < -0.39 is 17.3 Å². The van der Waals surface area contributed by atoms with Gasteiger partial charge in [-0.2, -0.15) is 0 Å². The summed E-state index contributed by atoms with van der Waals surface area (Å²) >= 11 is 11.5. The molecule has 2 rings (SSSR count). The van der Waals surface area contributed by atoms with Crippen LogP contribution in [-0.4, -0.2) is 28.5 Å². The molecule has 3 N–H and O–H groups in total. The Morgan fingerprint density at radius 2 is 2.00 bits per heavy atom. The number of nitrogens with one attached hydrogen (secondary N) is 2. The van der Waals surface area contributed by atoms with Gasteiger partial charge in [-0.3, -0.25) is 9.59 Å². The second-order valence-electron chi connectivity index (χ2n) is 4.82. The average Bonchev–Trinajstić information content (AvgIpc) is 2.95. The molecule has 0 aliphatic heterocycles. The van der Waals surface area contributed by atoms with Gasteiger partial charge in [0.05, 0.1) is 10.4 Å². The maximum absolute atomic E-state index is 11.9. The molecule has 1 amide bonds. The summed E-state index contributed by atoms with van der Waals surface area (Å²) in [4.78, 5) is 25.8. The van der Waals surface area contributed by atoms with E-state index in [-0.39, 0.29) is 22.4 Å². The fraction of sp³-hybridized carbons (Fsp3) is 0.500. The second-order valence-corrected chi connectivity index (χ2v) is 5.61. The van der Waals surface area contributed by atoms with Crippen LogP contribution in [0.5, 0.6) is 0 Å². The van der Waals surface area contributed by atoms with Gasteiger partial charge in [-0.05, 0) is 18.9 Å². The number of hydrogen-bond acceptors (Lipinski definition) is 2. The highest BCUT2D eigenvalue weighted by Crippen LogP contribution is 2.37. The summed E-state index contributed by atoms with van der Waals surface area (Å²) in [6.07, 6.45) is 2.94. The molecule has 1 aromatic rings. The lowest BCUT2D eigenvalue weighted by atomic mass is 9.86. The largest absolute Gasteiger partial charge is 0.481 e. The monoisotopic (exact) mass is 304 g/mol. The number of aromatic nitrogens is 1. The summed E-state index contributed by atoms with van der Waals surface area (Å²) < 4.78 is 0. The van der Waals surface area contributed by atoms with Gasteiger partial charge >= 0.3 is 5.97 Å². The molecule has 0 aromatic carbocycles. The van der Waals surface area contributed by atoms with E-state index in [0.29, 0.717) is 12.8 Å². The lowest BCUT2D eigenvalue weighted by Gasteiger charge is -2.23. The minimum absolute atomic E-state index is 0.120. The Kier molecular flexibility index (Phi) is 4.06. The van der Waals surface area contributed by atoms with Gasteiger partial charge in [0, 0.05) is 6.54 Å². The van der Waals surface area contributed by atoms with Gasteiger partial charge in [-0.1, -0.05) is 36.0 Å². The van der Waals surface area contributed by atoms with Crippen LogP contribution in [0.3, 0.4) is 0 Å². The standard InChI is InChI=1S/C12H14Cl2N2O3/c13-7-5-8(16-9(7)14)10(17)15-6-12(11(18)19)3-1-2-4-12/h5,16H,1-4,6H2,(H,15,17)(H,18,19). The number of aromatic amines is 1. The molecule has 0 unspecified atom stereocenters. The molecule has 1 aromatic heterocycles. The van der Waals surface area contributed by atoms with Crippen LogP contribution in [0.15, 0.2) is 6.07 Å². The molecule has 1 saturated carbocycles. The molecule has 1 fully saturated rings. The predicted octanol–water partition coefficient (Wildman–Crippen LogP) is 2.70. The average molecular weight is 305 g/mol. The molecule has 1 heterocycles. The highest BCUT2D eigenvalue weighted by atomic mass is 35.5. The van der Waals surface area contributed by atoms with Crippen LogP contribution in [0.25, 0.3) is 0 Å². The van der Waals surface area contributed by atoms with Gasteiger partial charge in [-0.15, -0.1) is 0 Å². The van der Waals surface area contributed by atoms with Crippen molar-refractivity contribution in [3.63, 3.8) is 0 Å². The van der Waals surface area contributed by atoms with E-state index in [4.69, 9.17) is 23.2 Å². The van der Waals surface area contributed by atoms with Crippen LogP contribution in [-0.2, 0) is 4.79 Å². The Morgan fingerprint density at radius 3 is 2.47 bits per heavy atom. The van der Waals surface area contributed by atoms with Crippen molar-refractivity contribution in [2.45, 2.75) is 25.7 Å².